The second-order valence-corrected chi connectivity index (χ2v) is 4.08. The van der Waals surface area contributed by atoms with E-state index in [0.717, 1.165) is 11.5 Å². The van der Waals surface area contributed by atoms with Gasteiger partial charge in [-0.25, -0.2) is 0 Å². The molecular formula is C8H12ClN3O2S. The van der Waals surface area contributed by atoms with Gasteiger partial charge in [0.05, 0.1) is 13.0 Å². The number of aromatic nitrogens is 2. The molecule has 0 atom stereocenters. The maximum atomic E-state index is 11.0. The molecule has 1 aromatic heterocycles. The second kappa shape index (κ2) is 6.71. The van der Waals surface area contributed by atoms with E-state index in [4.69, 9.17) is 16.3 Å². The van der Waals surface area contributed by atoms with Crippen molar-refractivity contribution in [2.75, 3.05) is 13.2 Å². The molecule has 0 saturated heterocycles. The molecule has 1 rings (SSSR count). The highest BCUT2D eigenvalue weighted by Crippen LogP contribution is 2.16. The molecule has 0 bridgehead atoms. The van der Waals surface area contributed by atoms with Gasteiger partial charge in [0.15, 0.2) is 0 Å². The summed E-state index contributed by atoms with van der Waals surface area (Å²) in [7, 11) is 0. The molecule has 7 heteroatoms. The van der Waals surface area contributed by atoms with E-state index in [0.29, 0.717) is 36.1 Å². The zero-order chi connectivity index (χ0) is 11.1. The number of hydrogen-bond acceptors (Lipinski definition) is 6. The molecule has 0 aliphatic rings. The molecule has 0 saturated carbocycles. The smallest absolute Gasteiger partial charge is 0.307 e. The molecule has 1 aromatic rings. The van der Waals surface area contributed by atoms with Crippen LogP contribution in [0.15, 0.2) is 0 Å². The van der Waals surface area contributed by atoms with E-state index in [-0.39, 0.29) is 5.97 Å². The highest BCUT2D eigenvalue weighted by Gasteiger charge is 2.05. The van der Waals surface area contributed by atoms with Crippen LogP contribution in [0.3, 0.4) is 0 Å². The molecule has 15 heavy (non-hydrogen) atoms. The molecule has 84 valence electrons. The standard InChI is InChI=1S/C8H12ClN3O2S/c1-2-14-7(13)3-4-10-5-6-8(9)15-12-11-6/h10H,2-5H2,1H3. The van der Waals surface area contributed by atoms with Crippen molar-refractivity contribution in [3.8, 4) is 0 Å². The SMILES string of the molecule is CCOC(=O)CCNCc1nnsc1Cl. The first-order chi connectivity index (χ1) is 7.24. The van der Waals surface area contributed by atoms with E-state index >= 15 is 0 Å². The fraction of sp³-hybridized carbons (Fsp3) is 0.625. The Morgan fingerprint density at radius 2 is 2.47 bits per heavy atom. The first kappa shape index (κ1) is 12.4. The van der Waals surface area contributed by atoms with Crippen molar-refractivity contribution in [3.05, 3.63) is 10.0 Å². The lowest BCUT2D eigenvalue weighted by Crippen LogP contribution is -2.19. The third kappa shape index (κ3) is 4.55. The number of rotatable bonds is 6. The van der Waals surface area contributed by atoms with Gasteiger partial charge in [-0.1, -0.05) is 16.1 Å². The Morgan fingerprint density at radius 1 is 1.67 bits per heavy atom. The summed E-state index contributed by atoms with van der Waals surface area (Å²) in [4.78, 5) is 11.0. The van der Waals surface area contributed by atoms with Crippen LogP contribution in [0.4, 0.5) is 0 Å². The Balaban J connectivity index is 2.12. The largest absolute Gasteiger partial charge is 0.466 e. The predicted octanol–water partition coefficient (Wildman–Crippen LogP) is 1.23. The van der Waals surface area contributed by atoms with Crippen molar-refractivity contribution < 1.29 is 9.53 Å². The van der Waals surface area contributed by atoms with Crippen LogP contribution < -0.4 is 5.32 Å². The Morgan fingerprint density at radius 3 is 3.07 bits per heavy atom. The zero-order valence-corrected chi connectivity index (χ0v) is 9.90. The van der Waals surface area contributed by atoms with Gasteiger partial charge in [-0.2, -0.15) is 0 Å². The van der Waals surface area contributed by atoms with Crippen LogP contribution in [-0.4, -0.2) is 28.7 Å². The fourth-order valence-electron chi connectivity index (χ4n) is 0.933. The summed E-state index contributed by atoms with van der Waals surface area (Å²) in [5, 5.41) is 6.86. The molecular weight excluding hydrogens is 238 g/mol. The first-order valence-corrected chi connectivity index (χ1v) is 5.72. The molecule has 0 aliphatic heterocycles. The lowest BCUT2D eigenvalue weighted by atomic mass is 10.4. The number of esters is 1. The summed E-state index contributed by atoms with van der Waals surface area (Å²) >= 11 is 6.94. The average molecular weight is 250 g/mol. The number of carbonyl (C=O) groups is 1. The number of halogens is 1. The number of carbonyl (C=O) groups excluding carboxylic acids is 1. The summed E-state index contributed by atoms with van der Waals surface area (Å²) in [6.45, 7) is 3.27. The first-order valence-electron chi connectivity index (χ1n) is 4.57. The number of ether oxygens (including phenoxy) is 1. The summed E-state index contributed by atoms with van der Waals surface area (Å²) in [5.74, 6) is -0.201. The number of nitrogens with one attached hydrogen (secondary N) is 1. The van der Waals surface area contributed by atoms with Gasteiger partial charge in [-0.3, -0.25) is 4.79 Å². The topological polar surface area (TPSA) is 64.1 Å². The second-order valence-electron chi connectivity index (χ2n) is 2.73. The minimum atomic E-state index is -0.201. The van der Waals surface area contributed by atoms with E-state index in [1.165, 1.54) is 0 Å². The quantitative estimate of drug-likeness (QED) is 0.607. The van der Waals surface area contributed by atoms with Gasteiger partial charge in [0.25, 0.3) is 0 Å². The monoisotopic (exact) mass is 249 g/mol. The van der Waals surface area contributed by atoms with Crippen molar-refractivity contribution >= 4 is 29.1 Å². The maximum absolute atomic E-state index is 11.0. The number of hydrogen-bond donors (Lipinski definition) is 1. The fourth-order valence-corrected chi connectivity index (χ4v) is 1.56. The van der Waals surface area contributed by atoms with E-state index < -0.39 is 0 Å². The minimum Gasteiger partial charge on any atom is -0.466 e. The molecule has 0 unspecified atom stereocenters. The van der Waals surface area contributed by atoms with Gasteiger partial charge >= 0.3 is 5.97 Å². The van der Waals surface area contributed by atoms with Crippen molar-refractivity contribution in [2.45, 2.75) is 19.9 Å². The average Bonchev–Trinajstić information content (AvgIpc) is 2.60. The lowest BCUT2D eigenvalue weighted by molar-refractivity contribution is -0.142. The Labute approximate surface area is 96.9 Å². The molecule has 0 amide bonds. The van der Waals surface area contributed by atoms with Crippen LogP contribution in [0.1, 0.15) is 19.0 Å². The van der Waals surface area contributed by atoms with Gasteiger partial charge in [0, 0.05) is 24.6 Å². The normalized spacial score (nSPS) is 10.3. The van der Waals surface area contributed by atoms with Crippen LogP contribution in [0.2, 0.25) is 4.34 Å². The Kier molecular flexibility index (Phi) is 5.52. The molecule has 5 nitrogen and oxygen atoms in total. The van der Waals surface area contributed by atoms with Crippen molar-refractivity contribution in [2.24, 2.45) is 0 Å². The van der Waals surface area contributed by atoms with E-state index in [1.54, 1.807) is 6.92 Å². The maximum Gasteiger partial charge on any atom is 0.307 e. The van der Waals surface area contributed by atoms with Gasteiger partial charge < -0.3 is 10.1 Å². The summed E-state index contributed by atoms with van der Waals surface area (Å²) in [6.07, 6.45) is 0.350. The minimum absolute atomic E-state index is 0.201. The van der Waals surface area contributed by atoms with E-state index in [2.05, 4.69) is 14.9 Å². The van der Waals surface area contributed by atoms with Gasteiger partial charge in [-0.15, -0.1) is 5.10 Å². The molecule has 1 heterocycles. The van der Waals surface area contributed by atoms with Crippen molar-refractivity contribution in [1.29, 1.82) is 0 Å². The van der Waals surface area contributed by atoms with Gasteiger partial charge in [0.2, 0.25) is 0 Å². The molecule has 0 spiro atoms. The molecule has 0 aromatic carbocycles. The third-order valence-electron chi connectivity index (χ3n) is 1.61. The van der Waals surface area contributed by atoms with Crippen molar-refractivity contribution in [3.63, 3.8) is 0 Å². The van der Waals surface area contributed by atoms with Crippen LogP contribution in [-0.2, 0) is 16.1 Å². The van der Waals surface area contributed by atoms with Crippen LogP contribution in [0, 0.1) is 0 Å². The van der Waals surface area contributed by atoms with Crippen LogP contribution in [0.25, 0.3) is 0 Å². The summed E-state index contributed by atoms with van der Waals surface area (Å²) in [5.41, 5.74) is 0.713. The lowest BCUT2D eigenvalue weighted by Gasteiger charge is -2.02. The third-order valence-corrected chi connectivity index (χ3v) is 2.60. The molecule has 0 aliphatic carbocycles. The van der Waals surface area contributed by atoms with Crippen molar-refractivity contribution in [1.82, 2.24) is 14.9 Å². The summed E-state index contributed by atoms with van der Waals surface area (Å²) in [6, 6.07) is 0. The Bertz CT molecular complexity index is 319. The van der Waals surface area contributed by atoms with Gasteiger partial charge in [-0.05, 0) is 6.92 Å². The van der Waals surface area contributed by atoms with E-state index in [9.17, 15) is 4.79 Å². The summed E-state index contributed by atoms with van der Waals surface area (Å²) < 4.78 is 9.05. The van der Waals surface area contributed by atoms with Gasteiger partial charge in [0.1, 0.15) is 10.0 Å². The zero-order valence-electron chi connectivity index (χ0n) is 8.33. The highest BCUT2D eigenvalue weighted by atomic mass is 35.5. The van der Waals surface area contributed by atoms with Crippen LogP contribution in [0.5, 0.6) is 0 Å². The Hall–Kier alpha value is -0.720. The molecule has 0 fully saturated rings. The molecule has 1 N–H and O–H groups in total. The predicted molar refractivity (Wildman–Crippen MR) is 57.9 cm³/mol. The highest BCUT2D eigenvalue weighted by molar-refractivity contribution is 7.10. The molecule has 0 radical (unpaired) electrons. The van der Waals surface area contributed by atoms with E-state index in [1.807, 2.05) is 0 Å². The number of nitrogens with zero attached hydrogens (tertiary/aromatic N) is 2. The van der Waals surface area contributed by atoms with Crippen LogP contribution >= 0.6 is 23.1 Å².